The van der Waals surface area contributed by atoms with E-state index in [0.717, 1.165) is 5.56 Å². The van der Waals surface area contributed by atoms with Gasteiger partial charge in [-0.1, -0.05) is 30.3 Å². The van der Waals surface area contributed by atoms with Gasteiger partial charge < -0.3 is 19.3 Å². The zero-order valence-electron chi connectivity index (χ0n) is 19.8. The minimum absolute atomic E-state index is 0.215. The molecule has 178 valence electrons. The fourth-order valence-corrected chi connectivity index (χ4v) is 2.78. The van der Waals surface area contributed by atoms with Gasteiger partial charge in [-0.15, -0.1) is 0 Å². The third-order valence-corrected chi connectivity index (χ3v) is 4.48. The Morgan fingerprint density at radius 2 is 1.64 bits per heavy atom. The second-order valence-corrected chi connectivity index (χ2v) is 8.60. The van der Waals surface area contributed by atoms with Crippen LogP contribution in [-0.4, -0.2) is 65.7 Å². The van der Waals surface area contributed by atoms with E-state index in [1.54, 1.807) is 47.0 Å². The molecule has 2 rings (SSSR count). The number of carbonyl (C=O) groups is 3. The first kappa shape index (κ1) is 25.6. The highest BCUT2D eigenvalue weighted by atomic mass is 16.6. The lowest BCUT2D eigenvalue weighted by atomic mass is 10.2. The van der Waals surface area contributed by atoms with Gasteiger partial charge in [0.25, 0.3) is 5.91 Å². The Bertz CT molecular complexity index is 926. The van der Waals surface area contributed by atoms with E-state index in [-0.39, 0.29) is 18.2 Å². The van der Waals surface area contributed by atoms with Gasteiger partial charge in [0.2, 0.25) is 0 Å². The van der Waals surface area contributed by atoms with Gasteiger partial charge in [0.15, 0.2) is 0 Å². The van der Waals surface area contributed by atoms with Crippen molar-refractivity contribution in [1.29, 1.82) is 0 Å². The fraction of sp³-hybridized carbons (Fsp3) is 0.417. The van der Waals surface area contributed by atoms with Crippen LogP contribution in [0.1, 0.15) is 43.2 Å². The van der Waals surface area contributed by atoms with Gasteiger partial charge in [-0.2, -0.15) is 0 Å². The van der Waals surface area contributed by atoms with E-state index in [1.807, 2.05) is 30.3 Å². The normalized spacial score (nSPS) is 10.8. The monoisotopic (exact) mass is 456 g/mol. The molecule has 0 aliphatic carbocycles. The molecule has 0 fully saturated rings. The summed E-state index contributed by atoms with van der Waals surface area (Å²) in [7, 11) is 3.33. The highest BCUT2D eigenvalue weighted by Gasteiger charge is 2.18. The number of rotatable bonds is 8. The van der Waals surface area contributed by atoms with Crippen molar-refractivity contribution in [2.24, 2.45) is 0 Å². The molecule has 0 bridgehead atoms. The maximum atomic E-state index is 12.6. The van der Waals surface area contributed by atoms with Gasteiger partial charge in [-0.05, 0) is 44.9 Å². The largest absolute Gasteiger partial charge is 0.445 e. The Hall–Kier alpha value is -3.62. The van der Waals surface area contributed by atoms with Crippen molar-refractivity contribution >= 4 is 23.8 Å². The summed E-state index contributed by atoms with van der Waals surface area (Å²) in [4.78, 5) is 43.6. The molecule has 0 unspecified atom stereocenters. The Labute approximate surface area is 194 Å². The summed E-state index contributed by atoms with van der Waals surface area (Å²) in [5, 5.41) is 2.57. The lowest BCUT2D eigenvalue weighted by Gasteiger charge is -2.21. The molecule has 33 heavy (non-hydrogen) atoms. The van der Waals surface area contributed by atoms with Crippen molar-refractivity contribution in [3.63, 3.8) is 0 Å². The Morgan fingerprint density at radius 3 is 2.24 bits per heavy atom. The maximum Gasteiger partial charge on any atom is 0.412 e. The first-order valence-electron chi connectivity index (χ1n) is 10.7. The molecule has 9 nitrogen and oxygen atoms in total. The standard InChI is InChI=1S/C24H32N4O5/c1-24(2,3)33-22(30)26-19-12-13-20(25-16-19)21(29)27(4)14-9-15-28(5)23(31)32-17-18-10-7-6-8-11-18/h6-8,10-13,16H,9,14-15,17H2,1-5H3,(H,26,30). The van der Waals surface area contributed by atoms with Gasteiger partial charge >= 0.3 is 12.2 Å². The van der Waals surface area contributed by atoms with E-state index in [9.17, 15) is 14.4 Å². The number of aromatic nitrogens is 1. The molecule has 1 N–H and O–H groups in total. The predicted molar refractivity (Wildman–Crippen MR) is 125 cm³/mol. The summed E-state index contributed by atoms with van der Waals surface area (Å²) < 4.78 is 10.5. The number of hydrogen-bond donors (Lipinski definition) is 1. The average Bonchev–Trinajstić information content (AvgIpc) is 2.76. The summed E-state index contributed by atoms with van der Waals surface area (Å²) in [5.41, 5.74) is 0.995. The summed E-state index contributed by atoms with van der Waals surface area (Å²) >= 11 is 0. The van der Waals surface area contributed by atoms with Crippen LogP contribution in [0.3, 0.4) is 0 Å². The van der Waals surface area contributed by atoms with Crippen molar-refractivity contribution in [3.8, 4) is 0 Å². The number of carbonyl (C=O) groups excluding carboxylic acids is 3. The zero-order chi connectivity index (χ0) is 24.4. The van der Waals surface area contributed by atoms with Crippen LogP contribution in [0.5, 0.6) is 0 Å². The average molecular weight is 457 g/mol. The van der Waals surface area contributed by atoms with Crippen LogP contribution in [-0.2, 0) is 16.1 Å². The van der Waals surface area contributed by atoms with E-state index < -0.39 is 17.8 Å². The van der Waals surface area contributed by atoms with Crippen LogP contribution in [0.2, 0.25) is 0 Å². The second kappa shape index (κ2) is 11.8. The van der Waals surface area contributed by atoms with Crippen LogP contribution in [0, 0.1) is 0 Å². The smallest absolute Gasteiger partial charge is 0.412 e. The molecule has 0 saturated heterocycles. The number of hydrogen-bond acceptors (Lipinski definition) is 6. The van der Waals surface area contributed by atoms with Gasteiger partial charge in [0, 0.05) is 27.2 Å². The molecular weight excluding hydrogens is 424 g/mol. The lowest BCUT2D eigenvalue weighted by Crippen LogP contribution is -2.33. The molecule has 0 aliphatic heterocycles. The zero-order valence-corrected chi connectivity index (χ0v) is 19.8. The van der Waals surface area contributed by atoms with Gasteiger partial charge in [0.1, 0.15) is 17.9 Å². The summed E-state index contributed by atoms with van der Waals surface area (Å²) in [6.07, 6.45) is 0.980. The summed E-state index contributed by atoms with van der Waals surface area (Å²) in [5.74, 6) is -0.256. The third-order valence-electron chi connectivity index (χ3n) is 4.48. The number of anilines is 1. The van der Waals surface area contributed by atoms with Crippen molar-refractivity contribution in [1.82, 2.24) is 14.8 Å². The number of ether oxygens (including phenoxy) is 2. The van der Waals surface area contributed by atoms with Crippen LogP contribution < -0.4 is 5.32 Å². The van der Waals surface area contributed by atoms with Crippen LogP contribution in [0.4, 0.5) is 15.3 Å². The molecular formula is C24H32N4O5. The molecule has 0 radical (unpaired) electrons. The van der Waals surface area contributed by atoms with E-state index in [1.165, 1.54) is 16.0 Å². The van der Waals surface area contributed by atoms with Crippen molar-refractivity contribution < 1.29 is 23.9 Å². The number of pyridine rings is 1. The SMILES string of the molecule is CN(CCCN(C)C(=O)c1ccc(NC(=O)OC(C)(C)C)cn1)C(=O)OCc1ccccc1. The van der Waals surface area contributed by atoms with Crippen LogP contribution in [0.25, 0.3) is 0 Å². The van der Waals surface area contributed by atoms with Crippen LogP contribution >= 0.6 is 0 Å². The number of nitrogens with zero attached hydrogens (tertiary/aromatic N) is 3. The maximum absolute atomic E-state index is 12.6. The van der Waals surface area contributed by atoms with Crippen molar-refractivity contribution in [2.45, 2.75) is 39.4 Å². The molecule has 0 aliphatic rings. The number of benzene rings is 1. The first-order valence-corrected chi connectivity index (χ1v) is 10.7. The molecule has 0 saturated carbocycles. The van der Waals surface area contributed by atoms with E-state index in [4.69, 9.17) is 9.47 Å². The minimum Gasteiger partial charge on any atom is -0.445 e. The molecule has 0 atom stereocenters. The fourth-order valence-electron chi connectivity index (χ4n) is 2.78. The van der Waals surface area contributed by atoms with E-state index in [0.29, 0.717) is 25.2 Å². The highest BCUT2D eigenvalue weighted by molar-refractivity contribution is 5.92. The van der Waals surface area contributed by atoms with Crippen LogP contribution in [0.15, 0.2) is 48.7 Å². The second-order valence-electron chi connectivity index (χ2n) is 8.60. The Morgan fingerprint density at radius 1 is 0.970 bits per heavy atom. The molecule has 1 aromatic heterocycles. The molecule has 1 aromatic carbocycles. The van der Waals surface area contributed by atoms with Crippen molar-refractivity contribution in [2.75, 3.05) is 32.5 Å². The summed E-state index contributed by atoms with van der Waals surface area (Å²) in [6, 6.07) is 12.6. The topological polar surface area (TPSA) is 101 Å². The number of nitrogens with one attached hydrogen (secondary N) is 1. The van der Waals surface area contributed by atoms with E-state index >= 15 is 0 Å². The van der Waals surface area contributed by atoms with E-state index in [2.05, 4.69) is 10.3 Å². The molecule has 3 amide bonds. The molecule has 9 heteroatoms. The molecule has 2 aromatic rings. The first-order chi connectivity index (χ1) is 15.5. The quantitative estimate of drug-likeness (QED) is 0.640. The van der Waals surface area contributed by atoms with Gasteiger partial charge in [0.05, 0.1) is 11.9 Å². The highest BCUT2D eigenvalue weighted by Crippen LogP contribution is 2.12. The Balaban J connectivity index is 1.74. The predicted octanol–water partition coefficient (Wildman–Crippen LogP) is 4.16. The Kier molecular flexibility index (Phi) is 9.20. The third kappa shape index (κ3) is 9.18. The molecule has 1 heterocycles. The number of amides is 3. The van der Waals surface area contributed by atoms with Gasteiger partial charge in [-0.3, -0.25) is 10.1 Å². The lowest BCUT2D eigenvalue weighted by molar-refractivity contribution is 0.0635. The van der Waals surface area contributed by atoms with Crippen molar-refractivity contribution in [3.05, 3.63) is 59.9 Å². The molecule has 0 spiro atoms. The van der Waals surface area contributed by atoms with Gasteiger partial charge in [-0.25, -0.2) is 14.6 Å². The summed E-state index contributed by atoms with van der Waals surface area (Å²) in [6.45, 7) is 6.41. The minimum atomic E-state index is -0.608.